The molecule has 3 aromatic heterocycles. The standard InChI is InChI=1S/C17H18N6OS/c1-11-10-12(2)23-15(18-11)20-16(21-23)25-9-5-8-22-14-7-4-3-6-13(14)19-17(22)24/h3-4,6-7,10H,5,8-9H2,1-2H3,(H,19,24). The summed E-state index contributed by atoms with van der Waals surface area (Å²) >= 11 is 1.59. The molecule has 0 fully saturated rings. The van der Waals surface area contributed by atoms with Crippen LogP contribution in [-0.2, 0) is 6.54 Å². The molecule has 0 saturated heterocycles. The molecule has 0 aliphatic rings. The van der Waals surface area contributed by atoms with E-state index in [0.29, 0.717) is 17.5 Å². The third kappa shape index (κ3) is 3.05. The molecule has 0 aliphatic carbocycles. The Balaban J connectivity index is 1.43. The molecule has 0 atom stereocenters. The van der Waals surface area contributed by atoms with Crippen LogP contribution in [0.3, 0.4) is 0 Å². The van der Waals surface area contributed by atoms with Gasteiger partial charge in [-0.2, -0.15) is 4.98 Å². The molecule has 8 heteroatoms. The largest absolute Gasteiger partial charge is 0.326 e. The second-order valence-electron chi connectivity index (χ2n) is 5.95. The van der Waals surface area contributed by atoms with Gasteiger partial charge in [0, 0.05) is 23.7 Å². The molecule has 4 aromatic rings. The number of hydrogen-bond acceptors (Lipinski definition) is 5. The second-order valence-corrected chi connectivity index (χ2v) is 7.01. The van der Waals surface area contributed by atoms with E-state index in [4.69, 9.17) is 0 Å². The number of benzene rings is 1. The minimum Gasteiger partial charge on any atom is -0.306 e. The van der Waals surface area contributed by atoms with Gasteiger partial charge in [0.15, 0.2) is 0 Å². The van der Waals surface area contributed by atoms with Crippen molar-refractivity contribution in [1.82, 2.24) is 29.1 Å². The number of nitrogens with zero attached hydrogens (tertiary/aromatic N) is 5. The summed E-state index contributed by atoms with van der Waals surface area (Å²) in [7, 11) is 0. The van der Waals surface area contributed by atoms with Crippen LogP contribution in [0.4, 0.5) is 0 Å². The molecule has 4 rings (SSSR count). The van der Waals surface area contributed by atoms with Crippen LogP contribution in [0.2, 0.25) is 0 Å². The average Bonchev–Trinajstić information content (AvgIpc) is 3.12. The van der Waals surface area contributed by atoms with Crippen LogP contribution >= 0.6 is 11.8 Å². The highest BCUT2D eigenvalue weighted by Crippen LogP contribution is 2.17. The molecule has 0 radical (unpaired) electrons. The number of nitrogens with one attached hydrogen (secondary N) is 1. The molecule has 1 N–H and O–H groups in total. The van der Waals surface area contributed by atoms with Gasteiger partial charge in [-0.1, -0.05) is 23.9 Å². The van der Waals surface area contributed by atoms with Gasteiger partial charge in [0.25, 0.3) is 5.78 Å². The zero-order valence-corrected chi connectivity index (χ0v) is 14.9. The molecular formula is C17H18N6OS. The Morgan fingerprint density at radius 1 is 1.20 bits per heavy atom. The molecule has 1 aromatic carbocycles. The lowest BCUT2D eigenvalue weighted by molar-refractivity contribution is 0.679. The molecule has 0 saturated carbocycles. The summed E-state index contributed by atoms with van der Waals surface area (Å²) in [6.45, 7) is 4.61. The third-order valence-electron chi connectivity index (χ3n) is 4.04. The first-order chi connectivity index (χ1) is 12.1. The van der Waals surface area contributed by atoms with Crippen molar-refractivity contribution in [3.05, 3.63) is 52.2 Å². The summed E-state index contributed by atoms with van der Waals surface area (Å²) in [6, 6.07) is 9.73. The van der Waals surface area contributed by atoms with E-state index in [-0.39, 0.29) is 5.69 Å². The first-order valence-electron chi connectivity index (χ1n) is 8.13. The van der Waals surface area contributed by atoms with Gasteiger partial charge in [0.05, 0.1) is 11.0 Å². The summed E-state index contributed by atoms with van der Waals surface area (Å²) < 4.78 is 3.54. The fourth-order valence-corrected chi connectivity index (χ4v) is 3.67. The number of aromatic nitrogens is 6. The molecule has 128 valence electrons. The number of hydrogen-bond donors (Lipinski definition) is 1. The topological polar surface area (TPSA) is 80.9 Å². The number of imidazole rings is 1. The van der Waals surface area contributed by atoms with Crippen molar-refractivity contribution >= 4 is 28.6 Å². The predicted molar refractivity (Wildman–Crippen MR) is 98.2 cm³/mol. The summed E-state index contributed by atoms with van der Waals surface area (Å²) in [5.41, 5.74) is 3.71. The van der Waals surface area contributed by atoms with Crippen LogP contribution in [0.15, 0.2) is 40.3 Å². The second kappa shape index (κ2) is 6.36. The minimum atomic E-state index is -0.0626. The molecule has 0 bridgehead atoms. The maximum atomic E-state index is 12.1. The fraction of sp³-hybridized carbons (Fsp3) is 0.294. The number of para-hydroxylation sites is 2. The van der Waals surface area contributed by atoms with Crippen molar-refractivity contribution in [3.63, 3.8) is 0 Å². The molecular weight excluding hydrogens is 336 g/mol. The smallest absolute Gasteiger partial charge is 0.306 e. The van der Waals surface area contributed by atoms with Gasteiger partial charge in [-0.3, -0.25) is 4.57 Å². The highest BCUT2D eigenvalue weighted by atomic mass is 32.2. The zero-order chi connectivity index (χ0) is 17.4. The van der Waals surface area contributed by atoms with E-state index in [0.717, 1.165) is 34.6 Å². The van der Waals surface area contributed by atoms with Crippen LogP contribution in [0.5, 0.6) is 0 Å². The molecule has 3 heterocycles. The highest BCUT2D eigenvalue weighted by molar-refractivity contribution is 7.99. The van der Waals surface area contributed by atoms with Crippen molar-refractivity contribution in [1.29, 1.82) is 0 Å². The molecule has 0 spiro atoms. The van der Waals surface area contributed by atoms with Gasteiger partial charge in [-0.25, -0.2) is 14.3 Å². The van der Waals surface area contributed by atoms with E-state index in [1.165, 1.54) is 0 Å². The lowest BCUT2D eigenvalue weighted by Crippen LogP contribution is -2.17. The number of thioether (sulfide) groups is 1. The van der Waals surface area contributed by atoms with E-state index in [1.54, 1.807) is 20.8 Å². The quantitative estimate of drug-likeness (QED) is 0.440. The fourth-order valence-electron chi connectivity index (χ4n) is 2.92. The molecule has 0 aliphatic heterocycles. The Morgan fingerprint density at radius 3 is 2.92 bits per heavy atom. The van der Waals surface area contributed by atoms with Gasteiger partial charge in [0.1, 0.15) is 0 Å². The minimum absolute atomic E-state index is 0.0626. The summed E-state index contributed by atoms with van der Waals surface area (Å²) in [5.74, 6) is 1.47. The lowest BCUT2D eigenvalue weighted by Gasteiger charge is -2.02. The van der Waals surface area contributed by atoms with Gasteiger partial charge in [-0.15, -0.1) is 5.10 Å². The van der Waals surface area contributed by atoms with Gasteiger partial charge >= 0.3 is 5.69 Å². The van der Waals surface area contributed by atoms with Gasteiger partial charge in [0.2, 0.25) is 5.16 Å². The van der Waals surface area contributed by atoms with Crippen LogP contribution in [0.1, 0.15) is 17.8 Å². The van der Waals surface area contributed by atoms with Crippen LogP contribution in [0.25, 0.3) is 16.8 Å². The maximum absolute atomic E-state index is 12.1. The third-order valence-corrected chi connectivity index (χ3v) is 4.96. The molecule has 0 amide bonds. The lowest BCUT2D eigenvalue weighted by atomic mass is 10.3. The van der Waals surface area contributed by atoms with Crippen LogP contribution in [0, 0.1) is 13.8 Å². The Morgan fingerprint density at radius 2 is 2.04 bits per heavy atom. The molecule has 7 nitrogen and oxygen atoms in total. The predicted octanol–water partition coefficient (Wildman–Crippen LogP) is 2.57. The Bertz CT molecular complexity index is 1110. The van der Waals surface area contributed by atoms with Crippen molar-refractivity contribution < 1.29 is 0 Å². The van der Waals surface area contributed by atoms with E-state index >= 15 is 0 Å². The summed E-state index contributed by atoms with van der Waals surface area (Å²) in [4.78, 5) is 23.8. The highest BCUT2D eigenvalue weighted by Gasteiger charge is 2.09. The van der Waals surface area contributed by atoms with Crippen molar-refractivity contribution in [2.75, 3.05) is 5.75 Å². The summed E-state index contributed by atoms with van der Waals surface area (Å²) in [6.07, 6.45) is 0.855. The normalized spacial score (nSPS) is 11.6. The average molecular weight is 354 g/mol. The number of aromatic amines is 1. The first-order valence-corrected chi connectivity index (χ1v) is 9.12. The van der Waals surface area contributed by atoms with Gasteiger partial charge in [-0.05, 0) is 38.5 Å². The van der Waals surface area contributed by atoms with Crippen molar-refractivity contribution in [2.24, 2.45) is 0 Å². The van der Waals surface area contributed by atoms with Crippen molar-refractivity contribution in [3.8, 4) is 0 Å². The number of rotatable bonds is 5. The van der Waals surface area contributed by atoms with Gasteiger partial charge < -0.3 is 4.98 Å². The number of H-pyrrole nitrogens is 1. The van der Waals surface area contributed by atoms with Crippen molar-refractivity contribution in [2.45, 2.75) is 32.0 Å². The summed E-state index contributed by atoms with van der Waals surface area (Å²) in [5, 5.41) is 5.20. The van der Waals surface area contributed by atoms with Crippen LogP contribution < -0.4 is 5.69 Å². The Hall–Kier alpha value is -2.61. The Kier molecular flexibility index (Phi) is 4.04. The van der Waals surface area contributed by atoms with E-state index in [1.807, 2.05) is 44.2 Å². The number of aryl methyl sites for hydroxylation is 3. The molecule has 0 unspecified atom stereocenters. The first kappa shape index (κ1) is 15.9. The Labute approximate surface area is 148 Å². The SMILES string of the molecule is Cc1cc(C)n2nc(SCCCn3c(=O)[nH]c4ccccc43)nc2n1. The monoisotopic (exact) mass is 354 g/mol. The van der Waals surface area contributed by atoms with E-state index in [2.05, 4.69) is 20.1 Å². The maximum Gasteiger partial charge on any atom is 0.326 e. The van der Waals surface area contributed by atoms with E-state index < -0.39 is 0 Å². The number of fused-ring (bicyclic) bond motifs is 2. The van der Waals surface area contributed by atoms with E-state index in [9.17, 15) is 4.79 Å². The zero-order valence-electron chi connectivity index (χ0n) is 14.1. The van der Waals surface area contributed by atoms with Crippen LogP contribution in [-0.4, -0.2) is 34.9 Å². The molecule has 25 heavy (non-hydrogen) atoms.